The first-order chi connectivity index (χ1) is 7.72. The largest absolute Gasteiger partial charge is 0.384 e. The Bertz CT molecular complexity index is 486. The van der Waals surface area contributed by atoms with Gasteiger partial charge in [-0.25, -0.2) is 4.68 Å². The molecule has 0 spiro atoms. The molecule has 0 saturated carbocycles. The fraction of sp³-hybridized carbons (Fsp3) is 0.308. The lowest BCUT2D eigenvalue weighted by atomic mass is 10.1. The maximum atomic E-state index is 5.92. The van der Waals surface area contributed by atoms with E-state index in [0.717, 1.165) is 30.0 Å². The van der Waals surface area contributed by atoms with E-state index in [1.165, 1.54) is 5.56 Å². The SMILES string of the molecule is CCCn1nc(-c2ccccc2C)cc1N. The van der Waals surface area contributed by atoms with Gasteiger partial charge in [0.05, 0.1) is 5.69 Å². The molecule has 0 amide bonds. The van der Waals surface area contributed by atoms with Crippen LogP contribution in [0.5, 0.6) is 0 Å². The molecule has 0 aliphatic rings. The molecule has 2 rings (SSSR count). The highest BCUT2D eigenvalue weighted by Crippen LogP contribution is 2.23. The molecule has 0 radical (unpaired) electrons. The van der Waals surface area contributed by atoms with E-state index in [1.807, 2.05) is 22.9 Å². The number of nitrogens with zero attached hydrogens (tertiary/aromatic N) is 2. The second kappa shape index (κ2) is 4.39. The van der Waals surface area contributed by atoms with E-state index in [-0.39, 0.29) is 0 Å². The summed E-state index contributed by atoms with van der Waals surface area (Å²) < 4.78 is 1.86. The normalized spacial score (nSPS) is 10.6. The molecule has 0 atom stereocenters. The first-order valence-corrected chi connectivity index (χ1v) is 5.61. The van der Waals surface area contributed by atoms with Crippen LogP contribution < -0.4 is 5.73 Å². The van der Waals surface area contributed by atoms with E-state index in [1.54, 1.807) is 0 Å². The molecule has 0 unspecified atom stereocenters. The summed E-state index contributed by atoms with van der Waals surface area (Å²) in [5.74, 6) is 0.736. The molecule has 1 heterocycles. The fourth-order valence-corrected chi connectivity index (χ4v) is 1.81. The summed E-state index contributed by atoms with van der Waals surface area (Å²) in [5.41, 5.74) is 9.26. The molecular weight excluding hydrogens is 198 g/mol. The van der Waals surface area contributed by atoms with E-state index < -0.39 is 0 Å². The third-order valence-corrected chi connectivity index (χ3v) is 2.67. The lowest BCUT2D eigenvalue weighted by Gasteiger charge is -2.01. The van der Waals surface area contributed by atoms with Crippen molar-refractivity contribution in [1.82, 2.24) is 9.78 Å². The van der Waals surface area contributed by atoms with Gasteiger partial charge in [0, 0.05) is 18.2 Å². The smallest absolute Gasteiger partial charge is 0.122 e. The van der Waals surface area contributed by atoms with Gasteiger partial charge in [-0.05, 0) is 18.9 Å². The van der Waals surface area contributed by atoms with Gasteiger partial charge in [-0.15, -0.1) is 0 Å². The molecule has 2 aromatic rings. The van der Waals surface area contributed by atoms with Crippen LogP contribution in [-0.2, 0) is 6.54 Å². The molecule has 3 heteroatoms. The van der Waals surface area contributed by atoms with Crippen LogP contribution in [0.2, 0.25) is 0 Å². The lowest BCUT2D eigenvalue weighted by molar-refractivity contribution is 0.613. The van der Waals surface area contributed by atoms with Gasteiger partial charge in [-0.1, -0.05) is 31.2 Å². The van der Waals surface area contributed by atoms with Gasteiger partial charge in [0.1, 0.15) is 5.82 Å². The van der Waals surface area contributed by atoms with Crippen LogP contribution in [0.1, 0.15) is 18.9 Å². The summed E-state index contributed by atoms with van der Waals surface area (Å²) in [6, 6.07) is 10.2. The first kappa shape index (κ1) is 10.7. The Morgan fingerprint density at radius 2 is 2.06 bits per heavy atom. The minimum atomic E-state index is 0.736. The lowest BCUT2D eigenvalue weighted by Crippen LogP contribution is -2.03. The summed E-state index contributed by atoms with van der Waals surface area (Å²) in [5, 5.41) is 4.52. The zero-order valence-corrected chi connectivity index (χ0v) is 9.77. The molecule has 1 aromatic heterocycles. The van der Waals surface area contributed by atoms with E-state index >= 15 is 0 Å². The Balaban J connectivity index is 2.42. The Hall–Kier alpha value is -1.77. The van der Waals surface area contributed by atoms with Crippen LogP contribution >= 0.6 is 0 Å². The zero-order valence-electron chi connectivity index (χ0n) is 9.77. The van der Waals surface area contributed by atoms with Crippen LogP contribution in [0, 0.1) is 6.92 Å². The molecule has 2 N–H and O–H groups in total. The molecule has 0 saturated heterocycles. The Morgan fingerprint density at radius 3 is 2.75 bits per heavy atom. The Labute approximate surface area is 95.9 Å². The average molecular weight is 215 g/mol. The molecule has 84 valence electrons. The van der Waals surface area contributed by atoms with Gasteiger partial charge in [-0.2, -0.15) is 5.10 Å². The maximum absolute atomic E-state index is 5.92. The van der Waals surface area contributed by atoms with Crippen molar-refractivity contribution >= 4 is 5.82 Å². The van der Waals surface area contributed by atoms with Gasteiger partial charge in [-0.3, -0.25) is 0 Å². The summed E-state index contributed by atoms with van der Waals surface area (Å²) in [6.45, 7) is 5.08. The van der Waals surface area contributed by atoms with Crippen molar-refractivity contribution in [3.63, 3.8) is 0 Å². The minimum Gasteiger partial charge on any atom is -0.384 e. The maximum Gasteiger partial charge on any atom is 0.122 e. The first-order valence-electron chi connectivity index (χ1n) is 5.61. The number of aryl methyl sites for hydroxylation is 2. The third-order valence-electron chi connectivity index (χ3n) is 2.67. The van der Waals surface area contributed by atoms with Gasteiger partial charge in [0.25, 0.3) is 0 Å². The van der Waals surface area contributed by atoms with Gasteiger partial charge in [0.15, 0.2) is 0 Å². The second-order valence-corrected chi connectivity index (χ2v) is 3.99. The van der Waals surface area contributed by atoms with E-state index in [4.69, 9.17) is 5.73 Å². The number of nitrogens with two attached hydrogens (primary N) is 1. The van der Waals surface area contributed by atoms with Crippen LogP contribution in [0.3, 0.4) is 0 Å². The molecule has 0 fully saturated rings. The molecule has 3 nitrogen and oxygen atoms in total. The highest BCUT2D eigenvalue weighted by Gasteiger charge is 2.07. The molecule has 1 aromatic carbocycles. The number of aromatic nitrogens is 2. The number of rotatable bonds is 3. The fourth-order valence-electron chi connectivity index (χ4n) is 1.81. The van der Waals surface area contributed by atoms with Crippen molar-refractivity contribution < 1.29 is 0 Å². The Kier molecular flexibility index (Phi) is 2.95. The van der Waals surface area contributed by atoms with Crippen LogP contribution in [0.25, 0.3) is 11.3 Å². The van der Waals surface area contributed by atoms with Crippen molar-refractivity contribution in [3.8, 4) is 11.3 Å². The van der Waals surface area contributed by atoms with Crippen LogP contribution in [-0.4, -0.2) is 9.78 Å². The minimum absolute atomic E-state index is 0.736. The van der Waals surface area contributed by atoms with E-state index in [2.05, 4.69) is 31.1 Å². The number of hydrogen-bond donors (Lipinski definition) is 1. The Morgan fingerprint density at radius 1 is 1.31 bits per heavy atom. The predicted octanol–water partition coefficient (Wildman–Crippen LogP) is 2.85. The highest BCUT2D eigenvalue weighted by atomic mass is 15.3. The number of benzene rings is 1. The highest BCUT2D eigenvalue weighted by molar-refractivity contribution is 5.65. The molecule has 0 aliphatic carbocycles. The van der Waals surface area contributed by atoms with Crippen molar-refractivity contribution in [3.05, 3.63) is 35.9 Å². The van der Waals surface area contributed by atoms with Crippen molar-refractivity contribution in [2.75, 3.05) is 5.73 Å². The topological polar surface area (TPSA) is 43.8 Å². The summed E-state index contributed by atoms with van der Waals surface area (Å²) in [4.78, 5) is 0. The summed E-state index contributed by atoms with van der Waals surface area (Å²) >= 11 is 0. The molecular formula is C13H17N3. The van der Waals surface area contributed by atoms with Gasteiger partial charge in [0.2, 0.25) is 0 Å². The monoisotopic (exact) mass is 215 g/mol. The molecule has 0 bridgehead atoms. The quantitative estimate of drug-likeness (QED) is 0.855. The molecule has 0 aliphatic heterocycles. The third kappa shape index (κ3) is 1.94. The van der Waals surface area contributed by atoms with E-state index in [9.17, 15) is 0 Å². The summed E-state index contributed by atoms with van der Waals surface area (Å²) in [7, 11) is 0. The van der Waals surface area contributed by atoms with Crippen molar-refractivity contribution in [2.45, 2.75) is 26.8 Å². The van der Waals surface area contributed by atoms with Crippen LogP contribution in [0.15, 0.2) is 30.3 Å². The standard InChI is InChI=1S/C13H17N3/c1-3-8-16-13(14)9-12(15-16)11-7-5-4-6-10(11)2/h4-7,9H,3,8,14H2,1-2H3. The zero-order chi connectivity index (χ0) is 11.5. The number of anilines is 1. The number of hydrogen-bond acceptors (Lipinski definition) is 2. The average Bonchev–Trinajstić information content (AvgIpc) is 2.61. The predicted molar refractivity (Wildman–Crippen MR) is 67.1 cm³/mol. The van der Waals surface area contributed by atoms with E-state index in [0.29, 0.717) is 0 Å². The van der Waals surface area contributed by atoms with Crippen molar-refractivity contribution in [1.29, 1.82) is 0 Å². The van der Waals surface area contributed by atoms with Crippen molar-refractivity contribution in [2.24, 2.45) is 0 Å². The second-order valence-electron chi connectivity index (χ2n) is 3.99. The summed E-state index contributed by atoms with van der Waals surface area (Å²) in [6.07, 6.45) is 1.04. The van der Waals surface area contributed by atoms with Gasteiger partial charge >= 0.3 is 0 Å². The van der Waals surface area contributed by atoms with Gasteiger partial charge < -0.3 is 5.73 Å². The molecule has 16 heavy (non-hydrogen) atoms. The number of nitrogen functional groups attached to an aromatic ring is 1. The van der Waals surface area contributed by atoms with Crippen LogP contribution in [0.4, 0.5) is 5.82 Å².